The summed E-state index contributed by atoms with van der Waals surface area (Å²) >= 11 is 6.98. The van der Waals surface area contributed by atoms with Crippen molar-refractivity contribution in [1.29, 1.82) is 0 Å². The van der Waals surface area contributed by atoms with Crippen molar-refractivity contribution in [3.8, 4) is 11.5 Å². The molecule has 0 N–H and O–H groups in total. The number of rotatable bonds is 9. The van der Waals surface area contributed by atoms with Gasteiger partial charge in [0.1, 0.15) is 0 Å². The lowest BCUT2D eigenvalue weighted by Crippen LogP contribution is -2.26. The number of hydrogen-bond donors (Lipinski definition) is 0. The van der Waals surface area contributed by atoms with E-state index >= 15 is 0 Å². The normalized spacial score (nSPS) is 10.7. The summed E-state index contributed by atoms with van der Waals surface area (Å²) in [6.45, 7) is -2.71. The van der Waals surface area contributed by atoms with Gasteiger partial charge in [-0.2, -0.15) is 8.78 Å². The number of nitrogens with zero attached hydrogens (tertiary/aromatic N) is 1. The lowest BCUT2D eigenvalue weighted by molar-refractivity contribution is -0.130. The number of amides is 1. The van der Waals surface area contributed by atoms with Crippen molar-refractivity contribution in [2.24, 2.45) is 0 Å². The van der Waals surface area contributed by atoms with Crippen LogP contribution >= 0.6 is 22.9 Å². The molecule has 2 rings (SSSR count). The summed E-state index contributed by atoms with van der Waals surface area (Å²) in [4.78, 5) is 26.3. The molecule has 2 aromatic rings. The van der Waals surface area contributed by atoms with E-state index in [2.05, 4.69) is 4.74 Å². The molecule has 0 saturated carbocycles. The fourth-order valence-corrected chi connectivity index (χ4v) is 3.37. The van der Waals surface area contributed by atoms with Crippen LogP contribution in [0.5, 0.6) is 11.5 Å². The minimum Gasteiger partial charge on any atom is -0.493 e. The molecule has 1 aromatic heterocycles. The molecule has 0 bridgehead atoms. The van der Waals surface area contributed by atoms with Crippen LogP contribution in [0.1, 0.15) is 28.1 Å². The van der Waals surface area contributed by atoms with Crippen LogP contribution in [-0.4, -0.2) is 37.4 Å². The molecule has 0 spiro atoms. The van der Waals surface area contributed by atoms with Crippen molar-refractivity contribution in [3.05, 3.63) is 45.1 Å². The summed E-state index contributed by atoms with van der Waals surface area (Å²) in [7, 11) is 2.94. The highest BCUT2D eigenvalue weighted by atomic mass is 35.5. The Kier molecular flexibility index (Phi) is 7.55. The first-order valence-corrected chi connectivity index (χ1v) is 9.14. The van der Waals surface area contributed by atoms with Crippen LogP contribution in [0.25, 0.3) is 0 Å². The summed E-state index contributed by atoms with van der Waals surface area (Å²) in [5.41, 5.74) is 0.681. The summed E-state index contributed by atoms with van der Waals surface area (Å²) in [5.74, 6) is -0.273. The van der Waals surface area contributed by atoms with E-state index in [1.165, 1.54) is 35.5 Å². The number of halogens is 3. The van der Waals surface area contributed by atoms with Crippen molar-refractivity contribution in [3.63, 3.8) is 0 Å². The predicted molar refractivity (Wildman–Crippen MR) is 99.0 cm³/mol. The molecule has 0 atom stereocenters. The van der Waals surface area contributed by atoms with Gasteiger partial charge in [0.15, 0.2) is 17.3 Å². The summed E-state index contributed by atoms with van der Waals surface area (Å²) < 4.78 is 34.7. The Bertz CT molecular complexity index is 812. The number of Topliss-reactive ketones (excluding diaryl/α,β-unsaturated/α-hetero) is 1. The van der Waals surface area contributed by atoms with Gasteiger partial charge in [-0.25, -0.2) is 0 Å². The van der Waals surface area contributed by atoms with Crippen molar-refractivity contribution < 1.29 is 27.8 Å². The van der Waals surface area contributed by atoms with E-state index in [1.807, 2.05) is 0 Å². The zero-order valence-corrected chi connectivity index (χ0v) is 16.3. The SMILES string of the molecule is COc1cc(CN(C)C(=O)CCC(=O)c2ccc(Cl)s2)ccc1OC(F)F. The van der Waals surface area contributed by atoms with E-state index in [4.69, 9.17) is 16.3 Å². The standard InChI is InChI=1S/C18H18ClF2NO4S/c1-22(17(24)8-4-12(23)15-6-7-16(19)27-15)10-11-3-5-13(26-18(20)21)14(9-11)25-2/h3,5-7,9,18H,4,8,10H2,1-2H3. The second kappa shape index (κ2) is 9.66. The average Bonchev–Trinajstić information content (AvgIpc) is 3.06. The lowest BCUT2D eigenvalue weighted by Gasteiger charge is -2.18. The number of carbonyl (C=O) groups is 2. The highest BCUT2D eigenvalue weighted by Crippen LogP contribution is 2.30. The van der Waals surface area contributed by atoms with Crippen LogP contribution < -0.4 is 9.47 Å². The van der Waals surface area contributed by atoms with Crippen LogP contribution in [0.2, 0.25) is 4.34 Å². The number of benzene rings is 1. The molecule has 0 saturated heterocycles. The third-order valence-corrected chi connectivity index (χ3v) is 4.98. The number of ketones is 1. The van der Waals surface area contributed by atoms with Crippen molar-refractivity contribution in [1.82, 2.24) is 4.90 Å². The first-order chi connectivity index (χ1) is 12.8. The molecular formula is C18H18ClF2NO4S. The van der Waals surface area contributed by atoms with Gasteiger partial charge in [0, 0.05) is 26.4 Å². The molecule has 5 nitrogen and oxygen atoms in total. The van der Waals surface area contributed by atoms with Crippen molar-refractivity contribution >= 4 is 34.6 Å². The molecule has 0 aliphatic carbocycles. The maximum Gasteiger partial charge on any atom is 0.387 e. The topological polar surface area (TPSA) is 55.8 Å². The highest BCUT2D eigenvalue weighted by Gasteiger charge is 2.16. The summed E-state index contributed by atoms with van der Waals surface area (Å²) in [5, 5.41) is 0. The van der Waals surface area contributed by atoms with Crippen LogP contribution in [-0.2, 0) is 11.3 Å². The van der Waals surface area contributed by atoms with Gasteiger partial charge in [0.2, 0.25) is 5.91 Å². The fraction of sp³-hybridized carbons (Fsp3) is 0.333. The van der Waals surface area contributed by atoms with Crippen LogP contribution in [0.4, 0.5) is 8.78 Å². The monoisotopic (exact) mass is 417 g/mol. The zero-order valence-electron chi connectivity index (χ0n) is 14.7. The Morgan fingerprint density at radius 2 is 1.93 bits per heavy atom. The average molecular weight is 418 g/mol. The van der Waals surface area contributed by atoms with Crippen molar-refractivity contribution in [2.75, 3.05) is 14.2 Å². The Labute approximate surface area is 164 Å². The van der Waals surface area contributed by atoms with Gasteiger partial charge in [-0.05, 0) is 29.8 Å². The number of methoxy groups -OCH3 is 1. The number of alkyl halides is 2. The Hall–Kier alpha value is -2.19. The van der Waals surface area contributed by atoms with E-state index in [0.717, 1.165) is 0 Å². The summed E-state index contributed by atoms with van der Waals surface area (Å²) in [6.07, 6.45) is 0.152. The number of carbonyl (C=O) groups excluding carboxylic acids is 2. The number of ether oxygens (including phenoxy) is 2. The molecule has 0 fully saturated rings. The van der Waals surface area contributed by atoms with Gasteiger partial charge >= 0.3 is 6.61 Å². The van der Waals surface area contributed by atoms with Crippen LogP contribution in [0, 0.1) is 0 Å². The molecule has 27 heavy (non-hydrogen) atoms. The molecule has 0 aliphatic heterocycles. The molecule has 0 radical (unpaired) electrons. The first kappa shape index (κ1) is 21.1. The van der Waals surface area contributed by atoms with E-state index in [9.17, 15) is 18.4 Å². The first-order valence-electron chi connectivity index (χ1n) is 7.94. The number of hydrogen-bond acceptors (Lipinski definition) is 5. The van der Waals surface area contributed by atoms with E-state index in [-0.39, 0.29) is 42.6 Å². The Morgan fingerprint density at radius 1 is 1.19 bits per heavy atom. The van der Waals surface area contributed by atoms with Gasteiger partial charge in [-0.15, -0.1) is 11.3 Å². The van der Waals surface area contributed by atoms with E-state index in [1.54, 1.807) is 25.2 Å². The van der Waals surface area contributed by atoms with Gasteiger partial charge in [-0.1, -0.05) is 17.7 Å². The molecule has 1 amide bonds. The molecular weight excluding hydrogens is 400 g/mol. The predicted octanol–water partition coefficient (Wildman–Crippen LogP) is 4.63. The third kappa shape index (κ3) is 6.18. The van der Waals surface area contributed by atoms with Gasteiger partial charge in [-0.3, -0.25) is 9.59 Å². The van der Waals surface area contributed by atoms with Crippen molar-refractivity contribution in [2.45, 2.75) is 26.0 Å². The number of thiophene rings is 1. The minimum absolute atomic E-state index is 0.0641. The van der Waals surface area contributed by atoms with Gasteiger partial charge < -0.3 is 14.4 Å². The summed E-state index contributed by atoms with van der Waals surface area (Å²) in [6, 6.07) is 7.74. The second-order valence-electron chi connectivity index (χ2n) is 5.64. The smallest absolute Gasteiger partial charge is 0.387 e. The van der Waals surface area contributed by atoms with Gasteiger partial charge in [0.05, 0.1) is 16.3 Å². The van der Waals surface area contributed by atoms with Crippen LogP contribution in [0.15, 0.2) is 30.3 Å². The minimum atomic E-state index is -2.95. The maximum atomic E-state index is 12.4. The molecule has 0 unspecified atom stereocenters. The molecule has 1 heterocycles. The largest absolute Gasteiger partial charge is 0.493 e. The van der Waals surface area contributed by atoms with Gasteiger partial charge in [0.25, 0.3) is 0 Å². The lowest BCUT2D eigenvalue weighted by atomic mass is 10.1. The van der Waals surface area contributed by atoms with E-state index < -0.39 is 6.61 Å². The quantitative estimate of drug-likeness (QED) is 0.558. The Morgan fingerprint density at radius 3 is 2.52 bits per heavy atom. The maximum absolute atomic E-state index is 12.4. The second-order valence-corrected chi connectivity index (χ2v) is 7.36. The molecule has 0 aliphatic rings. The molecule has 146 valence electrons. The third-order valence-electron chi connectivity index (χ3n) is 3.70. The fourth-order valence-electron chi connectivity index (χ4n) is 2.36. The molecule has 1 aromatic carbocycles. The zero-order chi connectivity index (χ0) is 20.0. The highest BCUT2D eigenvalue weighted by molar-refractivity contribution is 7.18. The molecule has 9 heteroatoms. The van der Waals surface area contributed by atoms with Crippen LogP contribution in [0.3, 0.4) is 0 Å². The Balaban J connectivity index is 1.92. The van der Waals surface area contributed by atoms with E-state index in [0.29, 0.717) is 14.8 Å².